The summed E-state index contributed by atoms with van der Waals surface area (Å²) < 4.78 is 27.4. The summed E-state index contributed by atoms with van der Waals surface area (Å²) in [5, 5.41) is 12.2. The number of hydrogen-bond acceptors (Lipinski definition) is 6. The average Bonchev–Trinajstić information content (AvgIpc) is 2.93. The Labute approximate surface area is 176 Å². The first-order valence-electron chi connectivity index (χ1n) is 8.24. The van der Waals surface area contributed by atoms with Gasteiger partial charge in [-0.25, -0.2) is 8.42 Å². The summed E-state index contributed by atoms with van der Waals surface area (Å²) in [6, 6.07) is 9.94. The van der Waals surface area contributed by atoms with E-state index < -0.39 is 21.8 Å². The van der Waals surface area contributed by atoms with Gasteiger partial charge in [-0.2, -0.15) is 0 Å². The predicted octanol–water partition coefficient (Wildman–Crippen LogP) is 2.45. The van der Waals surface area contributed by atoms with Crippen LogP contribution in [0.15, 0.2) is 59.1 Å². The van der Waals surface area contributed by atoms with Gasteiger partial charge >= 0.3 is 0 Å². The molecule has 1 aliphatic heterocycles. The molecule has 0 saturated heterocycles. The van der Waals surface area contributed by atoms with E-state index in [9.17, 15) is 18.0 Å². The number of nitrogens with zero attached hydrogens (tertiary/aromatic N) is 1. The fourth-order valence-corrected chi connectivity index (χ4v) is 3.90. The molecule has 0 spiro atoms. The van der Waals surface area contributed by atoms with Crippen LogP contribution in [0.5, 0.6) is 0 Å². The van der Waals surface area contributed by atoms with Gasteiger partial charge in [0.2, 0.25) is 0 Å². The van der Waals surface area contributed by atoms with Gasteiger partial charge in [-0.3, -0.25) is 19.2 Å². The fraction of sp³-hybridized carbons (Fsp3) is 0.111. The highest BCUT2D eigenvalue weighted by atomic mass is 35.5. The molecule has 2 aromatic carbocycles. The van der Waals surface area contributed by atoms with Crippen LogP contribution >= 0.6 is 23.2 Å². The van der Waals surface area contributed by atoms with Gasteiger partial charge in [0.05, 0.1) is 33.8 Å². The van der Waals surface area contributed by atoms with E-state index >= 15 is 0 Å². The van der Waals surface area contributed by atoms with Crippen LogP contribution in [-0.2, 0) is 19.6 Å². The minimum absolute atomic E-state index is 0.0150. The Morgan fingerprint density at radius 3 is 2.24 bits per heavy atom. The second-order valence-electron chi connectivity index (χ2n) is 5.96. The van der Waals surface area contributed by atoms with E-state index in [1.165, 1.54) is 42.5 Å². The number of imide groups is 1. The van der Waals surface area contributed by atoms with Crippen molar-refractivity contribution in [3.8, 4) is 0 Å². The molecule has 0 radical (unpaired) electrons. The van der Waals surface area contributed by atoms with Gasteiger partial charge in [-0.15, -0.1) is 0 Å². The highest BCUT2D eigenvalue weighted by Crippen LogP contribution is 2.27. The Morgan fingerprint density at radius 2 is 1.62 bits per heavy atom. The molecule has 29 heavy (non-hydrogen) atoms. The van der Waals surface area contributed by atoms with E-state index in [0.717, 1.165) is 11.0 Å². The summed E-state index contributed by atoms with van der Waals surface area (Å²) in [4.78, 5) is 24.8. The largest absolute Gasteiger partial charge is 0.395 e. The zero-order valence-electron chi connectivity index (χ0n) is 14.7. The number of halogens is 2. The first kappa shape index (κ1) is 21.1. The molecule has 2 amide bonds. The number of benzene rings is 2. The number of nitrogens with one attached hydrogen (secondary N) is 2. The van der Waals surface area contributed by atoms with Gasteiger partial charge in [0, 0.05) is 11.8 Å². The Hall–Kier alpha value is -2.59. The molecule has 152 valence electrons. The number of sulfonamides is 1. The summed E-state index contributed by atoms with van der Waals surface area (Å²) in [5.41, 5.74) is 0.704. The highest BCUT2D eigenvalue weighted by Gasteiger charge is 2.30. The fourth-order valence-electron chi connectivity index (χ4n) is 2.56. The molecule has 8 nitrogen and oxygen atoms in total. The third-order valence-electron chi connectivity index (χ3n) is 3.95. The normalized spacial score (nSPS) is 14.2. The Bertz CT molecular complexity index is 1100. The van der Waals surface area contributed by atoms with E-state index in [-0.39, 0.29) is 34.5 Å². The van der Waals surface area contributed by atoms with Crippen LogP contribution in [0.25, 0.3) is 0 Å². The van der Waals surface area contributed by atoms with Gasteiger partial charge in [-0.05, 0) is 42.5 Å². The van der Waals surface area contributed by atoms with Crippen molar-refractivity contribution in [1.29, 1.82) is 0 Å². The molecule has 3 N–H and O–H groups in total. The lowest BCUT2D eigenvalue weighted by molar-refractivity contribution is -0.137. The number of hydrogen-bond donors (Lipinski definition) is 3. The summed E-state index contributed by atoms with van der Waals surface area (Å²) in [7, 11) is -3.87. The number of rotatable bonds is 7. The molecule has 0 atom stereocenters. The second-order valence-corrected chi connectivity index (χ2v) is 8.46. The van der Waals surface area contributed by atoms with Crippen LogP contribution in [0.2, 0.25) is 10.0 Å². The van der Waals surface area contributed by atoms with Crippen molar-refractivity contribution >= 4 is 56.4 Å². The molecule has 3 rings (SSSR count). The van der Waals surface area contributed by atoms with Crippen molar-refractivity contribution in [3.05, 3.63) is 64.3 Å². The second kappa shape index (κ2) is 8.42. The molecule has 1 aliphatic rings. The molecule has 0 bridgehead atoms. The van der Waals surface area contributed by atoms with Crippen LogP contribution in [0.4, 0.5) is 11.4 Å². The number of anilines is 2. The maximum absolute atomic E-state index is 12.5. The van der Waals surface area contributed by atoms with Crippen molar-refractivity contribution in [2.75, 3.05) is 23.2 Å². The first-order chi connectivity index (χ1) is 13.7. The SMILES string of the molecule is O=C1C=C(Nc2ccc(S(=O)(=O)Nc3ccc(Cl)c(Cl)c3)cc2)C(=O)N1CCO. The van der Waals surface area contributed by atoms with Crippen LogP contribution in [0.1, 0.15) is 0 Å². The highest BCUT2D eigenvalue weighted by molar-refractivity contribution is 7.92. The van der Waals surface area contributed by atoms with Crippen molar-refractivity contribution in [2.24, 2.45) is 0 Å². The molecule has 11 heteroatoms. The van der Waals surface area contributed by atoms with Crippen LogP contribution in [0.3, 0.4) is 0 Å². The van der Waals surface area contributed by atoms with Gasteiger partial charge in [0.1, 0.15) is 5.70 Å². The number of β-amino-alcohol motifs (C(OH)–C–C–N with tert-alkyl or cyclic N) is 1. The summed E-state index contributed by atoms with van der Waals surface area (Å²) in [6.45, 7) is -0.437. The van der Waals surface area contributed by atoms with E-state index in [1.807, 2.05) is 0 Å². The standard InChI is InChI=1S/C18H15Cl2N3O5S/c19-14-6-3-12(9-15(14)20)22-29(27,28)13-4-1-11(2-5-13)21-16-10-17(25)23(7-8-24)18(16)26/h1-6,9-10,21-22,24H,7-8H2. The van der Waals surface area contributed by atoms with Gasteiger partial charge < -0.3 is 10.4 Å². The number of aliphatic hydroxyl groups is 1. The Kier molecular flexibility index (Phi) is 6.13. The number of carbonyl (C=O) groups excluding carboxylic acids is 2. The third-order valence-corrected chi connectivity index (χ3v) is 6.08. The van der Waals surface area contributed by atoms with Crippen molar-refractivity contribution < 1.29 is 23.1 Å². The average molecular weight is 456 g/mol. The van der Waals surface area contributed by atoms with Crippen molar-refractivity contribution in [3.63, 3.8) is 0 Å². The maximum atomic E-state index is 12.5. The minimum Gasteiger partial charge on any atom is -0.395 e. The lowest BCUT2D eigenvalue weighted by Gasteiger charge is -2.13. The lowest BCUT2D eigenvalue weighted by atomic mass is 10.3. The van der Waals surface area contributed by atoms with Crippen LogP contribution in [-0.4, -0.2) is 43.4 Å². The monoisotopic (exact) mass is 455 g/mol. The van der Waals surface area contributed by atoms with E-state index in [2.05, 4.69) is 10.0 Å². The number of carbonyl (C=O) groups is 2. The zero-order chi connectivity index (χ0) is 21.2. The Morgan fingerprint density at radius 1 is 0.966 bits per heavy atom. The van der Waals surface area contributed by atoms with E-state index in [1.54, 1.807) is 0 Å². The summed E-state index contributed by atoms with van der Waals surface area (Å²) >= 11 is 11.7. The molecule has 2 aromatic rings. The molecule has 0 saturated carbocycles. The lowest BCUT2D eigenvalue weighted by Crippen LogP contribution is -2.34. The van der Waals surface area contributed by atoms with Crippen molar-refractivity contribution in [2.45, 2.75) is 4.90 Å². The quantitative estimate of drug-likeness (QED) is 0.552. The molecule has 0 fully saturated rings. The first-order valence-corrected chi connectivity index (χ1v) is 10.5. The van der Waals surface area contributed by atoms with Gasteiger partial charge in [0.25, 0.3) is 21.8 Å². The molecular weight excluding hydrogens is 441 g/mol. The van der Waals surface area contributed by atoms with Crippen LogP contribution < -0.4 is 10.0 Å². The summed E-state index contributed by atoms with van der Waals surface area (Å²) in [5.74, 6) is -1.10. The van der Waals surface area contributed by atoms with Gasteiger partial charge in [0.15, 0.2) is 0 Å². The zero-order valence-corrected chi connectivity index (χ0v) is 17.1. The molecular formula is C18H15Cl2N3O5S. The smallest absolute Gasteiger partial charge is 0.277 e. The molecule has 0 aromatic heterocycles. The van der Waals surface area contributed by atoms with E-state index in [0.29, 0.717) is 10.7 Å². The number of aliphatic hydroxyl groups excluding tert-OH is 1. The van der Waals surface area contributed by atoms with E-state index in [4.69, 9.17) is 28.3 Å². The van der Waals surface area contributed by atoms with Gasteiger partial charge in [-0.1, -0.05) is 23.2 Å². The predicted molar refractivity (Wildman–Crippen MR) is 109 cm³/mol. The molecule has 0 aliphatic carbocycles. The Balaban J connectivity index is 1.73. The topological polar surface area (TPSA) is 116 Å². The van der Waals surface area contributed by atoms with Crippen LogP contribution in [0, 0.1) is 0 Å². The molecule has 0 unspecified atom stereocenters. The minimum atomic E-state index is -3.87. The molecule has 1 heterocycles. The maximum Gasteiger partial charge on any atom is 0.277 e. The number of amides is 2. The summed E-state index contributed by atoms with van der Waals surface area (Å²) in [6.07, 6.45) is 1.12. The van der Waals surface area contributed by atoms with Crippen molar-refractivity contribution in [1.82, 2.24) is 4.90 Å². The third kappa shape index (κ3) is 4.70.